The topological polar surface area (TPSA) is 0 Å². The van der Waals surface area contributed by atoms with Gasteiger partial charge in [-0.3, -0.25) is 0 Å². The zero-order valence-electron chi connectivity index (χ0n) is 8.89. The van der Waals surface area contributed by atoms with Crippen LogP contribution in [0.15, 0.2) is 53.9 Å². The highest BCUT2D eigenvalue weighted by atomic mass is 35.5. The molecule has 0 amide bonds. The lowest BCUT2D eigenvalue weighted by atomic mass is 10.2. The molecule has 84 valence electrons. The molecular weight excluding hydrogens is 268 g/mol. The summed E-state index contributed by atoms with van der Waals surface area (Å²) in [6.45, 7) is 0. The molecule has 0 N–H and O–H groups in total. The van der Waals surface area contributed by atoms with Gasteiger partial charge in [0.25, 0.3) is 0 Å². The van der Waals surface area contributed by atoms with E-state index in [-0.39, 0.29) is 0 Å². The smallest absolute Gasteiger partial charge is 0.0449 e. The van der Waals surface area contributed by atoms with E-state index < -0.39 is 0 Å². The number of hydrogen-bond acceptors (Lipinski definition) is 2. The molecule has 2 aromatic heterocycles. The van der Waals surface area contributed by atoms with Gasteiger partial charge in [0, 0.05) is 20.7 Å². The number of thiophene rings is 2. The molecule has 0 saturated carbocycles. The van der Waals surface area contributed by atoms with Gasteiger partial charge >= 0.3 is 0 Å². The van der Waals surface area contributed by atoms with Gasteiger partial charge in [-0.1, -0.05) is 29.8 Å². The van der Waals surface area contributed by atoms with Gasteiger partial charge in [-0.05, 0) is 41.3 Å². The van der Waals surface area contributed by atoms with E-state index in [9.17, 15) is 0 Å². The third-order valence-electron chi connectivity index (χ3n) is 1.98. The summed E-state index contributed by atoms with van der Waals surface area (Å²) in [6, 6.07) is 15.7. The van der Waals surface area contributed by atoms with Crippen LogP contribution in [0.1, 0.15) is 0 Å². The van der Waals surface area contributed by atoms with Crippen LogP contribution in [0, 0.1) is 10.8 Å². The third-order valence-corrected chi connectivity index (χ3v) is 3.64. The Kier molecular flexibility index (Phi) is 4.80. The van der Waals surface area contributed by atoms with Gasteiger partial charge in [0.15, 0.2) is 0 Å². The first-order valence-electron chi connectivity index (χ1n) is 4.97. The second kappa shape index (κ2) is 6.60. The van der Waals surface area contributed by atoms with Crippen molar-refractivity contribution in [3.05, 3.63) is 69.7 Å². The van der Waals surface area contributed by atoms with Crippen LogP contribution in [-0.4, -0.2) is 0 Å². The molecule has 0 fully saturated rings. The SMILES string of the molecule is Clc1ccc(-c2cc[c]s2)cc1.[c]1cccs1. The average molecular weight is 277 g/mol. The van der Waals surface area contributed by atoms with Crippen molar-refractivity contribution in [2.24, 2.45) is 0 Å². The second-order valence-electron chi connectivity index (χ2n) is 3.16. The molecule has 0 nitrogen and oxygen atoms in total. The fourth-order valence-electron chi connectivity index (χ4n) is 1.21. The maximum Gasteiger partial charge on any atom is 0.0449 e. The highest BCUT2D eigenvalue weighted by Crippen LogP contribution is 2.25. The van der Waals surface area contributed by atoms with Crippen molar-refractivity contribution >= 4 is 34.3 Å². The van der Waals surface area contributed by atoms with E-state index in [1.54, 1.807) is 22.7 Å². The van der Waals surface area contributed by atoms with Gasteiger partial charge in [0.2, 0.25) is 0 Å². The molecule has 3 heteroatoms. The van der Waals surface area contributed by atoms with E-state index in [1.807, 2.05) is 53.9 Å². The summed E-state index contributed by atoms with van der Waals surface area (Å²) in [7, 11) is 0. The molecule has 3 rings (SSSR count). The van der Waals surface area contributed by atoms with Crippen LogP contribution < -0.4 is 0 Å². The van der Waals surface area contributed by atoms with Crippen molar-refractivity contribution < 1.29 is 0 Å². The lowest BCUT2D eigenvalue weighted by Gasteiger charge is -1.95. The van der Waals surface area contributed by atoms with Crippen molar-refractivity contribution in [2.45, 2.75) is 0 Å². The van der Waals surface area contributed by atoms with E-state index >= 15 is 0 Å². The number of hydrogen-bond donors (Lipinski definition) is 0. The van der Waals surface area contributed by atoms with Gasteiger partial charge < -0.3 is 0 Å². The maximum atomic E-state index is 5.77. The molecule has 3 aromatic rings. The normalized spacial score (nSPS) is 9.47. The molecule has 0 spiro atoms. The van der Waals surface area contributed by atoms with Gasteiger partial charge in [0.05, 0.1) is 0 Å². The first kappa shape index (κ1) is 12.4. The molecule has 0 bridgehead atoms. The van der Waals surface area contributed by atoms with Gasteiger partial charge in [0.1, 0.15) is 0 Å². The third kappa shape index (κ3) is 4.00. The highest BCUT2D eigenvalue weighted by Gasteiger charge is 1.96. The van der Waals surface area contributed by atoms with E-state index in [2.05, 4.69) is 10.8 Å². The number of rotatable bonds is 1. The summed E-state index contributed by atoms with van der Waals surface area (Å²) < 4.78 is 0. The van der Waals surface area contributed by atoms with E-state index in [4.69, 9.17) is 11.6 Å². The van der Waals surface area contributed by atoms with Crippen LogP contribution >= 0.6 is 34.3 Å². The summed E-state index contributed by atoms with van der Waals surface area (Å²) >= 11 is 8.97. The second-order valence-corrected chi connectivity index (χ2v) is 5.21. The van der Waals surface area contributed by atoms with Crippen molar-refractivity contribution in [2.75, 3.05) is 0 Å². The quantitative estimate of drug-likeness (QED) is 0.557. The first-order chi connectivity index (χ1) is 8.36. The monoisotopic (exact) mass is 276 g/mol. The lowest BCUT2D eigenvalue weighted by molar-refractivity contribution is 1.70. The zero-order chi connectivity index (χ0) is 11.9. The lowest BCUT2D eigenvalue weighted by Crippen LogP contribution is -1.69. The summed E-state index contributed by atoms with van der Waals surface area (Å²) in [5.74, 6) is 0. The Bertz CT molecular complexity index is 493. The van der Waals surface area contributed by atoms with Crippen LogP contribution in [0.4, 0.5) is 0 Å². The minimum absolute atomic E-state index is 0.777. The number of halogens is 1. The largest absolute Gasteiger partial charge is 0.143 e. The standard InChI is InChI=1S/C10H6ClS.C4H3S/c11-9-5-3-8(4-6-9)10-2-1-7-12-10;1-2-4-5-3-1/h1-6H;1-3H. The predicted octanol–water partition coefficient (Wildman–Crippen LogP) is 5.42. The average Bonchev–Trinajstić information content (AvgIpc) is 3.06. The fourth-order valence-corrected chi connectivity index (χ4v) is 2.38. The minimum Gasteiger partial charge on any atom is -0.143 e. The molecule has 1 aromatic carbocycles. The van der Waals surface area contributed by atoms with E-state index in [0.29, 0.717) is 0 Å². The predicted molar refractivity (Wildman–Crippen MR) is 76.8 cm³/mol. The summed E-state index contributed by atoms with van der Waals surface area (Å²) in [4.78, 5) is 1.23. The number of benzene rings is 1. The fraction of sp³-hybridized carbons (Fsp3) is 0. The molecule has 0 aliphatic carbocycles. The Balaban J connectivity index is 0.000000181. The van der Waals surface area contributed by atoms with Crippen molar-refractivity contribution in [1.29, 1.82) is 0 Å². The van der Waals surface area contributed by atoms with Crippen LogP contribution in [0.2, 0.25) is 5.02 Å². The van der Waals surface area contributed by atoms with Crippen molar-refractivity contribution in [3.63, 3.8) is 0 Å². The molecule has 2 heterocycles. The summed E-state index contributed by atoms with van der Waals surface area (Å²) in [6.07, 6.45) is 0. The van der Waals surface area contributed by atoms with Crippen LogP contribution in [0.3, 0.4) is 0 Å². The van der Waals surface area contributed by atoms with Crippen LogP contribution in [0.5, 0.6) is 0 Å². The van der Waals surface area contributed by atoms with Gasteiger partial charge in [-0.2, -0.15) is 0 Å². The summed E-state index contributed by atoms with van der Waals surface area (Å²) in [5.41, 5.74) is 1.20. The summed E-state index contributed by atoms with van der Waals surface area (Å²) in [5, 5.41) is 8.72. The molecule has 0 atom stereocenters. The van der Waals surface area contributed by atoms with Gasteiger partial charge in [-0.15, -0.1) is 22.7 Å². The van der Waals surface area contributed by atoms with Crippen molar-refractivity contribution in [1.82, 2.24) is 0 Å². The highest BCUT2D eigenvalue weighted by molar-refractivity contribution is 7.13. The van der Waals surface area contributed by atoms with Crippen LogP contribution in [0.25, 0.3) is 10.4 Å². The van der Waals surface area contributed by atoms with E-state index in [1.165, 1.54) is 10.4 Å². The molecule has 0 unspecified atom stereocenters. The van der Waals surface area contributed by atoms with Crippen molar-refractivity contribution in [3.8, 4) is 10.4 Å². The molecule has 17 heavy (non-hydrogen) atoms. The molecular formula is C14H9ClS2. The Morgan fingerprint density at radius 3 is 2.24 bits per heavy atom. The minimum atomic E-state index is 0.777. The maximum absolute atomic E-state index is 5.77. The Hall–Kier alpha value is -1.09. The molecule has 0 aliphatic rings. The zero-order valence-corrected chi connectivity index (χ0v) is 11.3. The Morgan fingerprint density at radius 2 is 1.76 bits per heavy atom. The van der Waals surface area contributed by atoms with Gasteiger partial charge in [-0.25, -0.2) is 0 Å². The van der Waals surface area contributed by atoms with Crippen LogP contribution in [-0.2, 0) is 0 Å². The molecule has 0 aliphatic heterocycles. The molecule has 2 radical (unpaired) electrons. The Labute approximate surface area is 114 Å². The first-order valence-corrected chi connectivity index (χ1v) is 7.05. The molecule has 0 saturated heterocycles. The Morgan fingerprint density at radius 1 is 0.941 bits per heavy atom. The van der Waals surface area contributed by atoms with E-state index in [0.717, 1.165) is 5.02 Å².